The number of sulfonamides is 1. The summed E-state index contributed by atoms with van der Waals surface area (Å²) in [4.78, 5) is 2.91. The Labute approximate surface area is 129 Å². The lowest BCUT2D eigenvalue weighted by Gasteiger charge is -2.04. The molecule has 3 N–H and O–H groups in total. The highest BCUT2D eigenvalue weighted by molar-refractivity contribution is 7.89. The van der Waals surface area contributed by atoms with E-state index in [0.717, 1.165) is 11.8 Å². The second-order valence-corrected chi connectivity index (χ2v) is 6.99. The van der Waals surface area contributed by atoms with E-state index < -0.39 is 21.1 Å². The number of alkyl halides is 3. The third kappa shape index (κ3) is 4.42. The molecule has 5 nitrogen and oxygen atoms in total. The third-order valence-electron chi connectivity index (χ3n) is 2.73. The number of aromatic nitrogens is 1. The monoisotopic (exact) mass is 351 g/mol. The Morgan fingerprint density at radius 1 is 1.23 bits per heavy atom. The van der Waals surface area contributed by atoms with Crippen molar-refractivity contribution >= 4 is 26.5 Å². The fraction of sp³-hybridized carbons (Fsp3) is 0.250. The van der Waals surface area contributed by atoms with Crippen LogP contribution in [-0.2, 0) is 22.6 Å². The first-order valence-corrected chi connectivity index (χ1v) is 8.41. The van der Waals surface area contributed by atoms with Crippen LogP contribution in [0.1, 0.15) is 10.4 Å². The van der Waals surface area contributed by atoms with Crippen LogP contribution in [0.5, 0.6) is 0 Å². The second-order valence-electron chi connectivity index (χ2n) is 4.39. The Hall–Kier alpha value is -1.65. The van der Waals surface area contributed by atoms with Crippen LogP contribution in [0.15, 0.2) is 35.4 Å². The first-order chi connectivity index (χ1) is 10.2. The molecule has 0 aliphatic rings. The van der Waals surface area contributed by atoms with Crippen molar-refractivity contribution in [2.24, 2.45) is 5.14 Å². The fourth-order valence-corrected chi connectivity index (χ4v) is 2.87. The zero-order valence-electron chi connectivity index (χ0n) is 11.1. The first kappa shape index (κ1) is 16.7. The minimum atomic E-state index is -4.39. The standard InChI is InChI=1S/C12H12F3N3O2S2/c13-12(14,15)10-7-18-11(21-10)17-6-5-8-1-3-9(4-2-8)22(16,19)20/h1-4,7H,5-6H2,(H,17,18)(H2,16,19,20). The number of nitrogens with two attached hydrogens (primary N) is 1. The Kier molecular flexibility index (Phi) is 4.73. The predicted octanol–water partition coefficient (Wildman–Crippen LogP) is 2.46. The Morgan fingerprint density at radius 3 is 2.36 bits per heavy atom. The molecule has 0 aliphatic heterocycles. The van der Waals surface area contributed by atoms with Crippen molar-refractivity contribution in [1.29, 1.82) is 0 Å². The molecule has 0 saturated carbocycles. The Morgan fingerprint density at radius 2 is 1.86 bits per heavy atom. The van der Waals surface area contributed by atoms with Gasteiger partial charge in [-0.1, -0.05) is 23.5 Å². The molecule has 0 amide bonds. The summed E-state index contributed by atoms with van der Waals surface area (Å²) in [6.07, 6.45) is -3.10. The zero-order valence-corrected chi connectivity index (χ0v) is 12.7. The van der Waals surface area contributed by atoms with Crippen LogP contribution in [0, 0.1) is 0 Å². The first-order valence-electron chi connectivity index (χ1n) is 6.05. The number of hydrogen-bond donors (Lipinski definition) is 2. The molecule has 0 fully saturated rings. The van der Waals surface area contributed by atoms with Crippen LogP contribution in [0.25, 0.3) is 0 Å². The number of primary sulfonamides is 1. The number of rotatable bonds is 5. The van der Waals surface area contributed by atoms with Crippen molar-refractivity contribution in [3.05, 3.63) is 40.9 Å². The molecule has 0 radical (unpaired) electrons. The highest BCUT2D eigenvalue weighted by Crippen LogP contribution is 2.34. The lowest BCUT2D eigenvalue weighted by Crippen LogP contribution is -2.12. The summed E-state index contributed by atoms with van der Waals surface area (Å²) < 4.78 is 59.4. The number of nitrogens with zero attached hydrogens (tertiary/aromatic N) is 1. The molecule has 1 heterocycles. The van der Waals surface area contributed by atoms with Crippen molar-refractivity contribution in [3.63, 3.8) is 0 Å². The summed E-state index contributed by atoms with van der Waals surface area (Å²) in [6.45, 7) is 0.375. The molecule has 120 valence electrons. The summed E-state index contributed by atoms with van der Waals surface area (Å²) >= 11 is 0.538. The van der Waals surface area contributed by atoms with Crippen LogP contribution in [0.4, 0.5) is 18.3 Å². The largest absolute Gasteiger partial charge is 0.427 e. The lowest BCUT2D eigenvalue weighted by atomic mass is 10.1. The number of halogens is 3. The summed E-state index contributed by atoms with van der Waals surface area (Å²) in [5.41, 5.74) is 0.826. The average molecular weight is 351 g/mol. The zero-order chi connectivity index (χ0) is 16.4. The summed E-state index contributed by atoms with van der Waals surface area (Å²) in [5.74, 6) is 0. The molecule has 1 aromatic heterocycles. The molecule has 2 aromatic rings. The number of thiazole rings is 1. The van der Waals surface area contributed by atoms with Crippen molar-refractivity contribution < 1.29 is 21.6 Å². The van der Waals surface area contributed by atoms with E-state index in [4.69, 9.17) is 5.14 Å². The smallest absolute Gasteiger partial charge is 0.361 e. The molecule has 0 saturated heterocycles. The molecular formula is C12H12F3N3O2S2. The topological polar surface area (TPSA) is 85.1 Å². The van der Waals surface area contributed by atoms with E-state index in [0.29, 0.717) is 24.3 Å². The normalized spacial score (nSPS) is 12.4. The van der Waals surface area contributed by atoms with Gasteiger partial charge in [0.2, 0.25) is 10.0 Å². The quantitative estimate of drug-likeness (QED) is 0.867. The van der Waals surface area contributed by atoms with Gasteiger partial charge < -0.3 is 5.32 Å². The number of nitrogens with one attached hydrogen (secondary N) is 1. The van der Waals surface area contributed by atoms with Gasteiger partial charge in [0.15, 0.2) is 5.13 Å². The van der Waals surface area contributed by atoms with Gasteiger partial charge >= 0.3 is 6.18 Å². The van der Waals surface area contributed by atoms with Gasteiger partial charge in [0.25, 0.3) is 0 Å². The molecule has 0 atom stereocenters. The molecule has 2 rings (SSSR count). The molecule has 1 aromatic carbocycles. The molecule has 0 aliphatic carbocycles. The highest BCUT2D eigenvalue weighted by Gasteiger charge is 2.33. The van der Waals surface area contributed by atoms with E-state index in [1.54, 1.807) is 12.1 Å². The van der Waals surface area contributed by atoms with Crippen LogP contribution >= 0.6 is 11.3 Å². The van der Waals surface area contributed by atoms with E-state index in [9.17, 15) is 21.6 Å². The predicted molar refractivity (Wildman–Crippen MR) is 77.1 cm³/mol. The molecule has 22 heavy (non-hydrogen) atoms. The minimum Gasteiger partial charge on any atom is -0.361 e. The summed E-state index contributed by atoms with van der Waals surface area (Å²) in [7, 11) is -3.72. The highest BCUT2D eigenvalue weighted by atomic mass is 32.2. The minimum absolute atomic E-state index is 0.0129. The molecule has 0 spiro atoms. The molecule has 10 heteroatoms. The van der Waals surface area contributed by atoms with Gasteiger partial charge in [-0.3, -0.25) is 0 Å². The van der Waals surface area contributed by atoms with Gasteiger partial charge in [0, 0.05) is 6.54 Å². The number of anilines is 1. The van der Waals surface area contributed by atoms with Crippen LogP contribution in [0.3, 0.4) is 0 Å². The van der Waals surface area contributed by atoms with Crippen molar-refractivity contribution in [2.75, 3.05) is 11.9 Å². The van der Waals surface area contributed by atoms with Crippen molar-refractivity contribution in [1.82, 2.24) is 4.98 Å². The van der Waals surface area contributed by atoms with Gasteiger partial charge in [-0.15, -0.1) is 0 Å². The summed E-state index contributed by atoms with van der Waals surface area (Å²) in [6, 6.07) is 5.97. The van der Waals surface area contributed by atoms with E-state index in [1.807, 2.05) is 0 Å². The van der Waals surface area contributed by atoms with E-state index in [1.165, 1.54) is 12.1 Å². The maximum Gasteiger partial charge on any atom is 0.427 e. The number of benzene rings is 1. The van der Waals surface area contributed by atoms with Gasteiger partial charge in [-0.05, 0) is 24.1 Å². The molecule has 0 unspecified atom stereocenters. The number of hydrogen-bond acceptors (Lipinski definition) is 5. The van der Waals surface area contributed by atoms with Crippen molar-refractivity contribution in [2.45, 2.75) is 17.5 Å². The maximum atomic E-state index is 12.4. The third-order valence-corrected chi connectivity index (χ3v) is 4.66. The van der Waals surface area contributed by atoms with Crippen molar-refractivity contribution in [3.8, 4) is 0 Å². The Balaban J connectivity index is 1.90. The fourth-order valence-electron chi connectivity index (χ4n) is 1.65. The Bertz CT molecular complexity index is 740. The summed E-state index contributed by atoms with van der Waals surface area (Å²) in [5, 5.41) is 7.96. The molecular weight excluding hydrogens is 339 g/mol. The van der Waals surface area contributed by atoms with E-state index in [-0.39, 0.29) is 10.0 Å². The van der Waals surface area contributed by atoms with Gasteiger partial charge in [0.05, 0.1) is 11.1 Å². The van der Waals surface area contributed by atoms with Crippen LogP contribution < -0.4 is 10.5 Å². The van der Waals surface area contributed by atoms with Gasteiger partial charge in [-0.2, -0.15) is 13.2 Å². The lowest BCUT2D eigenvalue weighted by molar-refractivity contribution is -0.134. The van der Waals surface area contributed by atoms with Gasteiger partial charge in [-0.25, -0.2) is 18.5 Å². The average Bonchev–Trinajstić information content (AvgIpc) is 2.87. The second kappa shape index (κ2) is 6.23. The van der Waals surface area contributed by atoms with E-state index >= 15 is 0 Å². The van der Waals surface area contributed by atoms with E-state index in [2.05, 4.69) is 10.3 Å². The van der Waals surface area contributed by atoms with Crippen LogP contribution in [0.2, 0.25) is 0 Å². The van der Waals surface area contributed by atoms with Crippen LogP contribution in [-0.4, -0.2) is 19.9 Å². The molecule has 0 bridgehead atoms. The SMILES string of the molecule is NS(=O)(=O)c1ccc(CCNc2ncc(C(F)(F)F)s2)cc1. The van der Waals surface area contributed by atoms with Gasteiger partial charge in [0.1, 0.15) is 4.88 Å². The maximum absolute atomic E-state index is 12.4.